The van der Waals surface area contributed by atoms with E-state index in [4.69, 9.17) is 8.83 Å². The van der Waals surface area contributed by atoms with Crippen molar-refractivity contribution in [2.24, 2.45) is 5.92 Å². The fourth-order valence-electron chi connectivity index (χ4n) is 4.43. The van der Waals surface area contributed by atoms with Crippen molar-refractivity contribution in [3.63, 3.8) is 0 Å². The first-order chi connectivity index (χ1) is 16.6. The molecule has 2 aromatic heterocycles. The Morgan fingerprint density at radius 2 is 1.24 bits per heavy atom. The number of hydrogen-bond donors (Lipinski definition) is 0. The van der Waals surface area contributed by atoms with Crippen molar-refractivity contribution in [3.8, 4) is 0 Å². The molecule has 2 heterocycles. The summed E-state index contributed by atoms with van der Waals surface area (Å²) in [4.78, 5) is 2.31. The van der Waals surface area contributed by atoms with Gasteiger partial charge in [-0.1, -0.05) is 72.8 Å². The lowest BCUT2D eigenvalue weighted by Crippen LogP contribution is -2.33. The zero-order valence-electron chi connectivity index (χ0n) is 19.7. The van der Waals surface area contributed by atoms with Gasteiger partial charge in [-0.15, -0.1) is 0 Å². The highest BCUT2D eigenvalue weighted by atomic mass is 31.1. The highest BCUT2D eigenvalue weighted by Gasteiger charge is 2.39. The van der Waals surface area contributed by atoms with Crippen molar-refractivity contribution in [2.45, 2.75) is 13.0 Å². The maximum atomic E-state index is 6.06. The van der Waals surface area contributed by atoms with Crippen LogP contribution in [0.25, 0.3) is 0 Å². The van der Waals surface area contributed by atoms with Gasteiger partial charge < -0.3 is 13.7 Å². The molecule has 0 saturated heterocycles. The zero-order chi connectivity index (χ0) is 23.5. The monoisotopic (exact) mass is 485 g/mol. The number of nitrogens with zero attached hydrogens (tertiary/aromatic N) is 1. The van der Waals surface area contributed by atoms with Gasteiger partial charge in [-0.3, -0.25) is 0 Å². The Hall–Kier alpha value is -2.70. The molecule has 0 aliphatic heterocycles. The maximum Gasteiger partial charge on any atom is 0.137 e. The maximum absolute atomic E-state index is 6.06. The summed E-state index contributed by atoms with van der Waals surface area (Å²) in [6, 6.07) is 30.3. The van der Waals surface area contributed by atoms with Crippen LogP contribution in [0.3, 0.4) is 0 Å². The lowest BCUT2D eigenvalue weighted by molar-refractivity contribution is 0.281. The number of hydrogen-bond acceptors (Lipinski definition) is 3. The second-order valence-corrected chi connectivity index (χ2v) is 12.8. The van der Waals surface area contributed by atoms with E-state index in [1.165, 1.54) is 21.2 Å². The standard InChI is InChI=1S/C29H29NO2P2/c1-22(30(2)3)25-18-19-26(29(25)34(27-16-10-20-31-27)28-17-11-21-32-28)33(23-12-6-4-7-13-23)24-14-8-5-9-15-24/h4-22,25H,1-3H3. The molecule has 0 N–H and O–H groups in total. The van der Waals surface area contributed by atoms with Crippen LogP contribution < -0.4 is 21.6 Å². The van der Waals surface area contributed by atoms with Crippen molar-refractivity contribution in [2.75, 3.05) is 14.1 Å². The minimum absolute atomic E-state index is 0.267. The smallest absolute Gasteiger partial charge is 0.137 e. The molecule has 2 aromatic carbocycles. The second-order valence-electron chi connectivity index (χ2n) is 8.60. The fourth-order valence-corrected chi connectivity index (χ4v) is 9.83. The van der Waals surface area contributed by atoms with Gasteiger partial charge in [0, 0.05) is 12.0 Å². The highest BCUT2D eigenvalue weighted by molar-refractivity contribution is 7.80. The number of rotatable bonds is 8. The Labute approximate surface area is 204 Å². The third kappa shape index (κ3) is 4.49. The number of allylic oxidation sites excluding steroid dienone is 2. The van der Waals surface area contributed by atoms with E-state index in [2.05, 4.69) is 111 Å². The van der Waals surface area contributed by atoms with Crippen LogP contribution in [0.2, 0.25) is 0 Å². The van der Waals surface area contributed by atoms with E-state index < -0.39 is 15.8 Å². The van der Waals surface area contributed by atoms with Crippen LogP contribution >= 0.6 is 15.8 Å². The molecule has 0 amide bonds. The molecule has 0 spiro atoms. The van der Waals surface area contributed by atoms with Crippen LogP contribution in [0.5, 0.6) is 0 Å². The highest BCUT2D eigenvalue weighted by Crippen LogP contribution is 2.60. The van der Waals surface area contributed by atoms with Crippen LogP contribution in [0, 0.1) is 5.92 Å². The van der Waals surface area contributed by atoms with Gasteiger partial charge in [0.2, 0.25) is 0 Å². The van der Waals surface area contributed by atoms with Crippen molar-refractivity contribution < 1.29 is 8.83 Å². The molecule has 172 valence electrons. The predicted octanol–water partition coefficient (Wildman–Crippen LogP) is 5.79. The Bertz CT molecular complexity index is 1170. The van der Waals surface area contributed by atoms with E-state index in [0.717, 1.165) is 11.0 Å². The van der Waals surface area contributed by atoms with Crippen molar-refractivity contribution in [3.05, 3.63) is 120 Å². The number of benzene rings is 2. The summed E-state index contributed by atoms with van der Waals surface area (Å²) >= 11 is 0. The lowest BCUT2D eigenvalue weighted by atomic mass is 10.0. The van der Waals surface area contributed by atoms with Gasteiger partial charge in [-0.25, -0.2) is 0 Å². The van der Waals surface area contributed by atoms with Crippen molar-refractivity contribution in [1.29, 1.82) is 0 Å². The van der Waals surface area contributed by atoms with Gasteiger partial charge in [-0.2, -0.15) is 0 Å². The van der Waals surface area contributed by atoms with Crippen LogP contribution in [0.1, 0.15) is 6.92 Å². The quantitative estimate of drug-likeness (QED) is 0.296. The first-order valence-corrected chi connectivity index (χ1v) is 14.2. The molecule has 1 aliphatic rings. The summed E-state index contributed by atoms with van der Waals surface area (Å²) in [5.74, 6) is 0.267. The molecule has 0 radical (unpaired) electrons. The summed E-state index contributed by atoms with van der Waals surface area (Å²) in [7, 11) is 2.63. The molecule has 3 nitrogen and oxygen atoms in total. The van der Waals surface area contributed by atoms with Gasteiger partial charge >= 0.3 is 0 Å². The van der Waals surface area contributed by atoms with E-state index in [9.17, 15) is 0 Å². The zero-order valence-corrected chi connectivity index (χ0v) is 21.5. The van der Waals surface area contributed by atoms with E-state index in [-0.39, 0.29) is 5.92 Å². The molecule has 5 rings (SSSR count). The van der Waals surface area contributed by atoms with E-state index in [1.54, 1.807) is 12.5 Å². The number of furan rings is 2. The Kier molecular flexibility index (Phi) is 6.97. The van der Waals surface area contributed by atoms with Crippen molar-refractivity contribution in [1.82, 2.24) is 4.90 Å². The molecule has 0 saturated carbocycles. The Morgan fingerprint density at radius 1 is 0.706 bits per heavy atom. The van der Waals surface area contributed by atoms with Crippen LogP contribution in [-0.4, -0.2) is 25.0 Å². The molecular weight excluding hydrogens is 456 g/mol. The Balaban J connectivity index is 1.77. The molecule has 0 fully saturated rings. The third-order valence-corrected chi connectivity index (χ3v) is 11.4. The third-order valence-electron chi connectivity index (χ3n) is 6.34. The summed E-state index contributed by atoms with van der Waals surface area (Å²) in [6.45, 7) is 2.31. The second kappa shape index (κ2) is 10.3. The predicted molar refractivity (Wildman–Crippen MR) is 145 cm³/mol. The minimum atomic E-state index is -0.954. The summed E-state index contributed by atoms with van der Waals surface area (Å²) < 4.78 is 12.1. The van der Waals surface area contributed by atoms with Crippen LogP contribution in [0.15, 0.2) is 129 Å². The summed E-state index contributed by atoms with van der Waals surface area (Å²) in [5, 5.41) is 5.55. The molecule has 0 bridgehead atoms. The van der Waals surface area contributed by atoms with Gasteiger partial charge in [0.25, 0.3) is 0 Å². The summed E-state index contributed by atoms with van der Waals surface area (Å²) in [6.07, 6.45) is 8.33. The van der Waals surface area contributed by atoms with Gasteiger partial charge in [0.15, 0.2) is 0 Å². The lowest BCUT2D eigenvalue weighted by Gasteiger charge is -2.32. The largest absolute Gasteiger partial charge is 0.464 e. The van der Waals surface area contributed by atoms with Crippen molar-refractivity contribution >= 4 is 37.5 Å². The average molecular weight is 486 g/mol. The SMILES string of the molecule is CC(C1C=CC(P(c2ccccc2)c2ccccc2)=C1P(c1ccco1)c1ccco1)N(C)C. The van der Waals surface area contributed by atoms with Gasteiger partial charge in [0.05, 0.1) is 20.4 Å². The topological polar surface area (TPSA) is 29.5 Å². The Morgan fingerprint density at radius 3 is 1.68 bits per heavy atom. The van der Waals surface area contributed by atoms with Gasteiger partial charge in [0.1, 0.15) is 11.0 Å². The molecule has 2 unspecified atom stereocenters. The normalized spacial score (nSPS) is 16.8. The van der Waals surface area contributed by atoms with E-state index >= 15 is 0 Å². The van der Waals surface area contributed by atoms with Crippen LogP contribution in [-0.2, 0) is 0 Å². The molecule has 5 heteroatoms. The van der Waals surface area contributed by atoms with Crippen LogP contribution in [0.4, 0.5) is 0 Å². The molecule has 1 aliphatic carbocycles. The molecular formula is C29H29NO2P2. The molecule has 4 aromatic rings. The van der Waals surface area contributed by atoms with E-state index in [1.807, 2.05) is 12.1 Å². The minimum Gasteiger partial charge on any atom is -0.464 e. The summed E-state index contributed by atoms with van der Waals surface area (Å²) in [5.41, 5.74) is 1.96. The van der Waals surface area contributed by atoms with Gasteiger partial charge in [-0.05, 0) is 74.4 Å². The van der Waals surface area contributed by atoms with E-state index in [0.29, 0.717) is 6.04 Å². The first kappa shape index (κ1) is 23.1. The first-order valence-electron chi connectivity index (χ1n) is 11.5. The fraction of sp³-hybridized carbons (Fsp3) is 0.172. The average Bonchev–Trinajstić information content (AvgIpc) is 3.65. The molecule has 2 atom stereocenters. The molecule has 34 heavy (non-hydrogen) atoms.